The van der Waals surface area contributed by atoms with Crippen LogP contribution >= 0.6 is 29.4 Å². The quantitative estimate of drug-likeness (QED) is 0.0945. The average molecular weight is 644 g/mol. The molecule has 0 fully saturated rings. The van der Waals surface area contributed by atoms with Crippen LogP contribution in [0.2, 0.25) is 0 Å². The van der Waals surface area contributed by atoms with Crippen LogP contribution in [0.3, 0.4) is 0 Å². The minimum absolute atomic E-state index is 0.0620. The number of hydrogen-bond donors (Lipinski definition) is 5. The molecule has 0 saturated heterocycles. The molecule has 0 bridgehead atoms. The lowest BCUT2D eigenvalue weighted by molar-refractivity contribution is -0.141. The van der Waals surface area contributed by atoms with Gasteiger partial charge in [0.25, 0.3) is 0 Å². The summed E-state index contributed by atoms with van der Waals surface area (Å²) in [6.45, 7) is 6.60. The summed E-state index contributed by atoms with van der Waals surface area (Å²) in [5.41, 5.74) is 0.182. The van der Waals surface area contributed by atoms with Crippen molar-refractivity contribution in [1.29, 1.82) is 0 Å². The molecule has 0 aliphatic rings. The zero-order valence-corrected chi connectivity index (χ0v) is 26.5. The molecule has 1 aromatic carbocycles. The molecule has 5 N–H and O–H groups in total. The Morgan fingerprint density at radius 2 is 1.88 bits per heavy atom. The highest BCUT2D eigenvalue weighted by molar-refractivity contribution is 8.76. The maximum Gasteiger partial charge on any atom is 0.524 e. The molecule has 15 heteroatoms. The molecule has 0 aliphatic carbocycles. The lowest BCUT2D eigenvalue weighted by Crippen LogP contribution is -2.41. The minimum atomic E-state index is -4.89. The second kappa shape index (κ2) is 16.8. The molecule has 2 rings (SSSR count). The normalized spacial score (nSPS) is 13.1. The zero-order chi connectivity index (χ0) is 31.3. The summed E-state index contributed by atoms with van der Waals surface area (Å²) >= 11 is 0. The van der Waals surface area contributed by atoms with E-state index in [4.69, 9.17) is 9.26 Å². The Kier molecular flexibility index (Phi) is 14.1. The van der Waals surface area contributed by atoms with Crippen molar-refractivity contribution in [3.8, 4) is 5.75 Å². The molecule has 1 heterocycles. The number of nitrogens with zero attached hydrogens (tertiary/aromatic N) is 1. The van der Waals surface area contributed by atoms with Crippen molar-refractivity contribution < 1.29 is 43.1 Å². The first kappa shape index (κ1) is 35.4. The number of phosphoric acid groups is 1. The fourth-order valence-electron chi connectivity index (χ4n) is 3.67. The summed E-state index contributed by atoms with van der Waals surface area (Å²) in [5.74, 6) is -1.41. The van der Waals surface area contributed by atoms with Crippen molar-refractivity contribution >= 4 is 47.4 Å². The number of benzene rings is 1. The lowest BCUT2D eigenvalue weighted by atomic mass is 9.95. The zero-order valence-electron chi connectivity index (χ0n) is 23.9. The van der Waals surface area contributed by atoms with E-state index in [1.165, 1.54) is 23.8 Å². The van der Waals surface area contributed by atoms with E-state index in [1.807, 2.05) is 18.2 Å². The first-order valence-electron chi connectivity index (χ1n) is 13.2. The summed E-state index contributed by atoms with van der Waals surface area (Å²) < 4.78 is 21.7. The Labute approximate surface area is 253 Å². The molecule has 12 nitrogen and oxygen atoms in total. The minimum Gasteiger partial charge on any atom is -0.481 e. The number of nitrogens with one attached hydrogen (secondary N) is 2. The molecule has 2 atom stereocenters. The average Bonchev–Trinajstić information content (AvgIpc) is 2.87. The highest BCUT2D eigenvalue weighted by Crippen LogP contribution is 2.39. The molecule has 1 unspecified atom stereocenters. The van der Waals surface area contributed by atoms with Crippen LogP contribution in [-0.4, -0.2) is 55.2 Å². The van der Waals surface area contributed by atoms with Crippen LogP contribution in [0.25, 0.3) is 0 Å². The van der Waals surface area contributed by atoms with Crippen LogP contribution in [0, 0.1) is 5.92 Å². The highest BCUT2D eigenvalue weighted by atomic mass is 33.1. The second-order valence-corrected chi connectivity index (χ2v) is 14.1. The first-order valence-corrected chi connectivity index (χ1v) is 17.0. The van der Waals surface area contributed by atoms with Gasteiger partial charge in [-0.3, -0.25) is 19.4 Å². The van der Waals surface area contributed by atoms with Crippen molar-refractivity contribution in [2.75, 3.05) is 5.75 Å². The van der Waals surface area contributed by atoms with Gasteiger partial charge in [-0.2, -0.15) is 0 Å². The molecular weight excluding hydrogens is 605 g/mol. The number of pyridine rings is 1. The molecule has 42 heavy (non-hydrogen) atoms. The number of phosphoric ester groups is 1. The van der Waals surface area contributed by atoms with E-state index >= 15 is 0 Å². The molecule has 232 valence electrons. The van der Waals surface area contributed by atoms with E-state index in [2.05, 4.69) is 15.6 Å². The molecular formula is C27H38N3O9PS2. The van der Waals surface area contributed by atoms with Gasteiger partial charge in [0.2, 0.25) is 5.91 Å². The number of rotatable bonds is 16. The molecule has 2 amide bonds. The van der Waals surface area contributed by atoms with Crippen molar-refractivity contribution in [1.82, 2.24) is 15.6 Å². The van der Waals surface area contributed by atoms with E-state index in [1.54, 1.807) is 49.9 Å². The Hall–Kier alpha value is -2.77. The summed E-state index contributed by atoms with van der Waals surface area (Å²) in [5, 5.41) is 15.7. The number of carbonyl (C=O) groups is 3. The Balaban J connectivity index is 2.07. The van der Waals surface area contributed by atoms with Crippen LogP contribution in [0.1, 0.15) is 58.1 Å². The second-order valence-electron chi connectivity index (χ2n) is 10.5. The number of aliphatic carboxylic acids is 1. The van der Waals surface area contributed by atoms with Gasteiger partial charge < -0.3 is 25.0 Å². The van der Waals surface area contributed by atoms with E-state index in [-0.39, 0.29) is 37.5 Å². The third kappa shape index (κ3) is 14.9. The molecule has 1 aromatic heterocycles. The number of ether oxygens (including phenoxy) is 1. The van der Waals surface area contributed by atoms with Gasteiger partial charge in [-0.05, 0) is 74.6 Å². The standard InChI is InChI=1S/C27H38N3O9PS2/c1-18(25(32)33)14-21(30-26(34)38-27(2,3)4)16-19-10-11-22(39-40(35,36)37)20(15-19)17-29-23(31)8-7-13-41-42-24-9-5-6-12-28-24/h5-6,9-12,15,18,21H,7-8,13-14,16-17H2,1-4H3,(H,29,31)(H,30,34)(H,32,33)(H2,35,36,37)/t18?,21-/m1/s1. The first-order chi connectivity index (χ1) is 19.6. The predicted molar refractivity (Wildman–Crippen MR) is 161 cm³/mol. The van der Waals surface area contributed by atoms with Crippen molar-refractivity contribution in [2.45, 2.75) is 76.6 Å². The third-order valence-electron chi connectivity index (χ3n) is 5.49. The number of carboxylic acid groups (broad SMARTS) is 1. The topological polar surface area (TPSA) is 184 Å². The van der Waals surface area contributed by atoms with E-state index in [9.17, 15) is 33.8 Å². The number of carbonyl (C=O) groups excluding carboxylic acids is 2. The van der Waals surface area contributed by atoms with E-state index < -0.39 is 37.4 Å². The third-order valence-corrected chi connectivity index (χ3v) is 8.28. The van der Waals surface area contributed by atoms with Gasteiger partial charge >= 0.3 is 19.9 Å². The van der Waals surface area contributed by atoms with Gasteiger partial charge in [0.15, 0.2) is 0 Å². The van der Waals surface area contributed by atoms with Crippen LogP contribution in [0.15, 0.2) is 47.6 Å². The van der Waals surface area contributed by atoms with E-state index in [0.717, 1.165) is 10.8 Å². The van der Waals surface area contributed by atoms with Crippen LogP contribution in [0.4, 0.5) is 4.79 Å². The highest BCUT2D eigenvalue weighted by Gasteiger charge is 2.25. The Morgan fingerprint density at radius 3 is 2.50 bits per heavy atom. The van der Waals surface area contributed by atoms with Crippen molar-refractivity contribution in [2.24, 2.45) is 5.92 Å². The van der Waals surface area contributed by atoms with Crippen molar-refractivity contribution in [3.05, 3.63) is 53.7 Å². The largest absolute Gasteiger partial charge is 0.524 e. The molecule has 0 saturated carbocycles. The fourth-order valence-corrected chi connectivity index (χ4v) is 6.07. The number of aromatic nitrogens is 1. The Morgan fingerprint density at radius 1 is 1.14 bits per heavy atom. The lowest BCUT2D eigenvalue weighted by Gasteiger charge is -2.25. The summed E-state index contributed by atoms with van der Waals surface area (Å²) in [6.07, 6.45) is 2.18. The van der Waals surface area contributed by atoms with Crippen LogP contribution in [0.5, 0.6) is 5.75 Å². The molecule has 0 spiro atoms. The number of hydrogen-bond acceptors (Lipinski definition) is 9. The van der Waals surface area contributed by atoms with Gasteiger partial charge in [0.1, 0.15) is 16.4 Å². The maximum atomic E-state index is 12.5. The Bertz CT molecular complexity index is 1240. The smallest absolute Gasteiger partial charge is 0.481 e. The summed E-state index contributed by atoms with van der Waals surface area (Å²) in [7, 11) is -1.78. The fraction of sp³-hybridized carbons (Fsp3) is 0.481. The summed E-state index contributed by atoms with van der Waals surface area (Å²) in [6, 6.07) is 9.54. The maximum absolute atomic E-state index is 12.5. The number of amides is 2. The van der Waals surface area contributed by atoms with Gasteiger partial charge in [0, 0.05) is 36.5 Å². The van der Waals surface area contributed by atoms with Gasteiger partial charge in [-0.1, -0.05) is 35.9 Å². The van der Waals surface area contributed by atoms with Crippen LogP contribution in [-0.2, 0) is 31.9 Å². The van der Waals surface area contributed by atoms with Crippen molar-refractivity contribution in [3.63, 3.8) is 0 Å². The summed E-state index contributed by atoms with van der Waals surface area (Å²) in [4.78, 5) is 59.3. The van der Waals surface area contributed by atoms with Gasteiger partial charge in [-0.15, -0.1) is 0 Å². The molecule has 0 radical (unpaired) electrons. The number of carboxylic acids is 1. The molecule has 0 aliphatic heterocycles. The predicted octanol–water partition coefficient (Wildman–Crippen LogP) is 4.94. The molecule has 2 aromatic rings. The number of alkyl carbamates (subject to hydrolysis) is 1. The SMILES string of the molecule is CC(C[C@H](Cc1ccc(OP(=O)(O)O)c(CNC(=O)CCCSSc2ccccn2)c1)NC(=O)OC(C)(C)C)C(=O)O. The van der Waals surface area contributed by atoms with E-state index in [0.29, 0.717) is 17.5 Å². The van der Waals surface area contributed by atoms with Gasteiger partial charge in [-0.25, -0.2) is 14.3 Å². The van der Waals surface area contributed by atoms with Gasteiger partial charge in [0.05, 0.1) is 5.92 Å². The monoisotopic (exact) mass is 643 g/mol. The van der Waals surface area contributed by atoms with Crippen LogP contribution < -0.4 is 15.2 Å².